The van der Waals surface area contributed by atoms with Crippen molar-refractivity contribution in [1.82, 2.24) is 4.90 Å². The van der Waals surface area contributed by atoms with E-state index in [9.17, 15) is 9.59 Å². The van der Waals surface area contributed by atoms with Crippen molar-refractivity contribution in [2.75, 3.05) is 31.7 Å². The van der Waals surface area contributed by atoms with Gasteiger partial charge in [0.05, 0.1) is 6.04 Å². The lowest BCUT2D eigenvalue weighted by atomic mass is 10.0. The van der Waals surface area contributed by atoms with Crippen LogP contribution in [0.5, 0.6) is 0 Å². The average molecular weight is 380 g/mol. The van der Waals surface area contributed by atoms with Gasteiger partial charge in [-0.05, 0) is 29.7 Å². The minimum Gasteiger partial charge on any atom is -0.375 e. The molecule has 2 aromatic carbocycles. The number of rotatable bonds is 7. The standard InChI is InChI=1S/C23H28N2O3/c1-3-4-12-21-15-24(22(26)16-25(21)23(27)17-28-2)20-13-8-11-19(14-20)18-9-6-5-7-10-18/h5-11,13-14,21H,3-4,12,15-17H2,1-2H3/t21-/m1/s1. The van der Waals surface area contributed by atoms with Gasteiger partial charge in [-0.2, -0.15) is 0 Å². The van der Waals surface area contributed by atoms with Crippen LogP contribution in [0.4, 0.5) is 5.69 Å². The first kappa shape index (κ1) is 20.1. The molecule has 0 spiro atoms. The first-order valence-electron chi connectivity index (χ1n) is 9.88. The summed E-state index contributed by atoms with van der Waals surface area (Å²) in [7, 11) is 1.51. The second kappa shape index (κ2) is 9.51. The van der Waals surface area contributed by atoms with Gasteiger partial charge in [-0.25, -0.2) is 0 Å². The highest BCUT2D eigenvalue weighted by atomic mass is 16.5. The van der Waals surface area contributed by atoms with Crippen LogP contribution in [-0.4, -0.2) is 49.6 Å². The number of piperazine rings is 1. The Morgan fingerprint density at radius 1 is 1.11 bits per heavy atom. The molecule has 5 nitrogen and oxygen atoms in total. The Labute approximate surface area is 166 Å². The molecule has 1 atom stereocenters. The van der Waals surface area contributed by atoms with E-state index in [0.29, 0.717) is 6.54 Å². The molecule has 148 valence electrons. The van der Waals surface area contributed by atoms with Crippen molar-refractivity contribution in [2.45, 2.75) is 32.2 Å². The van der Waals surface area contributed by atoms with Gasteiger partial charge in [0.15, 0.2) is 0 Å². The number of carbonyl (C=O) groups is 2. The third-order valence-corrected chi connectivity index (χ3v) is 5.18. The van der Waals surface area contributed by atoms with Gasteiger partial charge in [-0.15, -0.1) is 0 Å². The monoisotopic (exact) mass is 380 g/mol. The summed E-state index contributed by atoms with van der Waals surface area (Å²) in [5.74, 6) is -0.169. The van der Waals surface area contributed by atoms with Crippen LogP contribution in [0.1, 0.15) is 26.2 Å². The summed E-state index contributed by atoms with van der Waals surface area (Å²) in [5, 5.41) is 0. The third kappa shape index (κ3) is 4.60. The summed E-state index contributed by atoms with van der Waals surface area (Å²) in [6, 6.07) is 18.2. The molecule has 3 rings (SSSR count). The van der Waals surface area contributed by atoms with Crippen molar-refractivity contribution in [3.05, 3.63) is 54.6 Å². The summed E-state index contributed by atoms with van der Waals surface area (Å²) in [6.45, 7) is 2.77. The van der Waals surface area contributed by atoms with Crippen LogP contribution in [0.3, 0.4) is 0 Å². The number of amides is 2. The Kier molecular flexibility index (Phi) is 6.82. The van der Waals surface area contributed by atoms with E-state index < -0.39 is 0 Å². The number of nitrogens with zero attached hydrogens (tertiary/aromatic N) is 2. The maximum Gasteiger partial charge on any atom is 0.249 e. The molecule has 1 aliphatic heterocycles. The Morgan fingerprint density at radius 2 is 1.86 bits per heavy atom. The van der Waals surface area contributed by atoms with Gasteiger partial charge in [0, 0.05) is 19.3 Å². The van der Waals surface area contributed by atoms with E-state index in [1.54, 1.807) is 4.90 Å². The van der Waals surface area contributed by atoms with Gasteiger partial charge in [0.25, 0.3) is 0 Å². The maximum absolute atomic E-state index is 12.9. The molecule has 0 radical (unpaired) electrons. The normalized spacial score (nSPS) is 17.1. The zero-order valence-electron chi connectivity index (χ0n) is 16.6. The van der Waals surface area contributed by atoms with E-state index in [0.717, 1.165) is 36.1 Å². The SMILES string of the molecule is CCCC[C@@H]1CN(c2cccc(-c3ccccc3)c2)C(=O)CN1C(=O)COC. The molecule has 1 aliphatic rings. The fourth-order valence-corrected chi connectivity index (χ4v) is 3.69. The lowest BCUT2D eigenvalue weighted by Crippen LogP contribution is -2.58. The van der Waals surface area contributed by atoms with Crippen LogP contribution in [0.2, 0.25) is 0 Å². The van der Waals surface area contributed by atoms with E-state index in [1.165, 1.54) is 7.11 Å². The molecule has 0 unspecified atom stereocenters. The molecule has 0 N–H and O–H groups in total. The highest BCUT2D eigenvalue weighted by Gasteiger charge is 2.35. The average Bonchev–Trinajstić information content (AvgIpc) is 2.73. The summed E-state index contributed by atoms with van der Waals surface area (Å²) >= 11 is 0. The Hall–Kier alpha value is -2.66. The molecule has 0 aliphatic carbocycles. The van der Waals surface area contributed by atoms with Crippen molar-refractivity contribution in [3.63, 3.8) is 0 Å². The molecule has 28 heavy (non-hydrogen) atoms. The Balaban J connectivity index is 1.84. The van der Waals surface area contributed by atoms with Gasteiger partial charge in [-0.3, -0.25) is 9.59 Å². The highest BCUT2D eigenvalue weighted by Crippen LogP contribution is 2.27. The van der Waals surface area contributed by atoms with Gasteiger partial charge in [0.2, 0.25) is 11.8 Å². The van der Waals surface area contributed by atoms with Crippen molar-refractivity contribution in [3.8, 4) is 11.1 Å². The van der Waals surface area contributed by atoms with Crippen LogP contribution < -0.4 is 4.90 Å². The molecule has 5 heteroatoms. The topological polar surface area (TPSA) is 49.9 Å². The van der Waals surface area contributed by atoms with E-state index in [1.807, 2.05) is 35.2 Å². The van der Waals surface area contributed by atoms with Crippen LogP contribution in [0.25, 0.3) is 11.1 Å². The van der Waals surface area contributed by atoms with Gasteiger partial charge < -0.3 is 14.5 Å². The molecular weight excluding hydrogens is 352 g/mol. The second-order valence-corrected chi connectivity index (χ2v) is 7.17. The number of hydrogen-bond acceptors (Lipinski definition) is 3. The number of ether oxygens (including phenoxy) is 1. The Morgan fingerprint density at radius 3 is 2.57 bits per heavy atom. The Bertz CT molecular complexity index is 807. The molecule has 1 fully saturated rings. The number of hydrogen-bond donors (Lipinski definition) is 0. The van der Waals surface area contributed by atoms with Gasteiger partial charge >= 0.3 is 0 Å². The third-order valence-electron chi connectivity index (χ3n) is 5.18. The second-order valence-electron chi connectivity index (χ2n) is 7.17. The van der Waals surface area contributed by atoms with Crippen molar-refractivity contribution in [1.29, 1.82) is 0 Å². The number of methoxy groups -OCH3 is 1. The van der Waals surface area contributed by atoms with Crippen molar-refractivity contribution >= 4 is 17.5 Å². The first-order chi connectivity index (χ1) is 13.6. The molecule has 0 bridgehead atoms. The highest BCUT2D eigenvalue weighted by molar-refractivity contribution is 5.98. The number of carbonyl (C=O) groups excluding carboxylic acids is 2. The van der Waals surface area contributed by atoms with Crippen LogP contribution in [0.15, 0.2) is 54.6 Å². The van der Waals surface area contributed by atoms with E-state index in [2.05, 4.69) is 31.2 Å². The van der Waals surface area contributed by atoms with Gasteiger partial charge in [-0.1, -0.05) is 62.2 Å². The summed E-state index contributed by atoms with van der Waals surface area (Å²) < 4.78 is 5.00. The molecule has 1 heterocycles. The first-order valence-corrected chi connectivity index (χ1v) is 9.88. The summed E-state index contributed by atoms with van der Waals surface area (Å²) in [5.41, 5.74) is 3.08. The molecule has 0 aromatic heterocycles. The lowest BCUT2D eigenvalue weighted by molar-refractivity contribution is -0.143. The maximum atomic E-state index is 12.9. The number of benzene rings is 2. The molecule has 2 aromatic rings. The van der Waals surface area contributed by atoms with Crippen molar-refractivity contribution < 1.29 is 14.3 Å². The zero-order chi connectivity index (χ0) is 19.9. The molecule has 2 amide bonds. The van der Waals surface area contributed by atoms with Crippen LogP contribution in [0, 0.1) is 0 Å². The zero-order valence-corrected chi connectivity index (χ0v) is 16.6. The number of unbranched alkanes of at least 4 members (excludes halogenated alkanes) is 1. The quantitative estimate of drug-likeness (QED) is 0.735. The van der Waals surface area contributed by atoms with E-state index in [4.69, 9.17) is 4.74 Å². The molecule has 0 saturated carbocycles. The predicted molar refractivity (Wildman–Crippen MR) is 111 cm³/mol. The molecular formula is C23H28N2O3. The minimum absolute atomic E-state index is 0.0133. The fraction of sp³-hybridized carbons (Fsp3) is 0.391. The van der Waals surface area contributed by atoms with Gasteiger partial charge in [0.1, 0.15) is 13.2 Å². The van der Waals surface area contributed by atoms with E-state index in [-0.39, 0.29) is 31.0 Å². The van der Waals surface area contributed by atoms with E-state index >= 15 is 0 Å². The van der Waals surface area contributed by atoms with Crippen LogP contribution in [-0.2, 0) is 14.3 Å². The fourth-order valence-electron chi connectivity index (χ4n) is 3.69. The summed E-state index contributed by atoms with van der Waals surface area (Å²) in [4.78, 5) is 28.8. The lowest BCUT2D eigenvalue weighted by Gasteiger charge is -2.41. The van der Waals surface area contributed by atoms with Crippen molar-refractivity contribution in [2.24, 2.45) is 0 Å². The predicted octanol–water partition coefficient (Wildman–Crippen LogP) is 3.73. The number of anilines is 1. The largest absolute Gasteiger partial charge is 0.375 e. The van der Waals surface area contributed by atoms with Crippen LogP contribution >= 0.6 is 0 Å². The molecule has 1 saturated heterocycles. The minimum atomic E-state index is -0.116. The summed E-state index contributed by atoms with van der Waals surface area (Å²) in [6.07, 6.45) is 2.96. The smallest absolute Gasteiger partial charge is 0.249 e.